The second kappa shape index (κ2) is 4.19. The van der Waals surface area contributed by atoms with Gasteiger partial charge in [0.25, 0.3) is 0 Å². The van der Waals surface area contributed by atoms with Crippen LogP contribution in [0.4, 0.5) is 0 Å². The van der Waals surface area contributed by atoms with Crippen LogP contribution in [0.2, 0.25) is 0 Å². The third kappa shape index (κ3) is 1.82. The van der Waals surface area contributed by atoms with Crippen LogP contribution in [0.1, 0.15) is 16.1 Å². The highest BCUT2D eigenvalue weighted by Gasteiger charge is 2.13. The van der Waals surface area contributed by atoms with Crippen molar-refractivity contribution in [3.8, 4) is 0 Å². The number of aromatic nitrogens is 1. The molecule has 0 N–H and O–H groups in total. The van der Waals surface area contributed by atoms with Crippen LogP contribution >= 0.6 is 0 Å². The molecule has 0 fully saturated rings. The Kier molecular flexibility index (Phi) is 2.73. The average molecular weight is 211 g/mol. The molecule has 0 radical (unpaired) electrons. The number of aryl methyl sites for hydroxylation is 1. The van der Waals surface area contributed by atoms with Crippen LogP contribution < -0.4 is 0 Å². The molecule has 1 aromatic carbocycles. The summed E-state index contributed by atoms with van der Waals surface area (Å²) in [5, 5.41) is 0. The Balaban J connectivity index is 2.31. The molecule has 80 valence electrons. The van der Waals surface area contributed by atoms with Gasteiger partial charge in [0.2, 0.25) is 0 Å². The number of carbonyl (C=O) groups excluding carboxylic acids is 1. The molecule has 0 saturated heterocycles. The Labute approximate surface area is 94.8 Å². The third-order valence-electron chi connectivity index (χ3n) is 2.56. The van der Waals surface area contributed by atoms with Crippen molar-refractivity contribution in [1.82, 2.24) is 4.57 Å². The molecule has 0 atom stereocenters. The van der Waals surface area contributed by atoms with Gasteiger partial charge < -0.3 is 4.57 Å². The van der Waals surface area contributed by atoms with E-state index in [0.29, 0.717) is 11.1 Å². The van der Waals surface area contributed by atoms with Crippen LogP contribution in [0.15, 0.2) is 55.2 Å². The van der Waals surface area contributed by atoms with E-state index in [1.165, 1.54) is 0 Å². The molecule has 0 unspecified atom stereocenters. The molecule has 16 heavy (non-hydrogen) atoms. The van der Waals surface area contributed by atoms with E-state index >= 15 is 0 Å². The molecule has 2 nitrogen and oxygen atoms in total. The third-order valence-corrected chi connectivity index (χ3v) is 2.56. The molecule has 2 heteroatoms. The maximum atomic E-state index is 12.1. The zero-order valence-electron chi connectivity index (χ0n) is 9.18. The number of hydrogen-bond acceptors (Lipinski definition) is 1. The molecule has 0 bridgehead atoms. The summed E-state index contributed by atoms with van der Waals surface area (Å²) in [5.41, 5.74) is 2.06. The zero-order chi connectivity index (χ0) is 11.5. The Morgan fingerprint density at radius 1 is 1.12 bits per heavy atom. The molecule has 0 amide bonds. The minimum Gasteiger partial charge on any atom is -0.350 e. The number of rotatable bonds is 3. The van der Waals surface area contributed by atoms with E-state index in [-0.39, 0.29) is 5.78 Å². The Morgan fingerprint density at radius 2 is 1.81 bits per heavy atom. The quantitative estimate of drug-likeness (QED) is 0.565. The smallest absolute Gasteiger partial charge is 0.194 e. The van der Waals surface area contributed by atoms with Gasteiger partial charge in [-0.15, -0.1) is 0 Å². The van der Waals surface area contributed by atoms with E-state index in [1.807, 2.05) is 48.1 Å². The Hall–Kier alpha value is -2.09. The maximum Gasteiger partial charge on any atom is 0.194 e. The number of ketones is 1. The van der Waals surface area contributed by atoms with Gasteiger partial charge >= 0.3 is 0 Å². The summed E-state index contributed by atoms with van der Waals surface area (Å²) >= 11 is 0. The van der Waals surface area contributed by atoms with Crippen LogP contribution in [0.5, 0.6) is 0 Å². The summed E-state index contributed by atoms with van der Waals surface area (Å²) < 4.78 is 1.89. The molecule has 0 spiro atoms. The topological polar surface area (TPSA) is 22.0 Å². The van der Waals surface area contributed by atoms with Crippen LogP contribution in [0, 0.1) is 0 Å². The fourth-order valence-corrected chi connectivity index (χ4v) is 1.65. The number of allylic oxidation sites excluding steroid dienone is 1. The molecule has 1 aromatic heterocycles. The van der Waals surface area contributed by atoms with Crippen molar-refractivity contribution < 1.29 is 4.79 Å². The van der Waals surface area contributed by atoms with Gasteiger partial charge in [0.1, 0.15) is 0 Å². The van der Waals surface area contributed by atoms with Crippen molar-refractivity contribution in [1.29, 1.82) is 0 Å². The summed E-state index contributed by atoms with van der Waals surface area (Å²) in [6, 6.07) is 13.0. The largest absolute Gasteiger partial charge is 0.350 e. The van der Waals surface area contributed by atoms with Gasteiger partial charge in [-0.1, -0.05) is 36.9 Å². The van der Waals surface area contributed by atoms with Crippen molar-refractivity contribution in [2.45, 2.75) is 0 Å². The van der Waals surface area contributed by atoms with Gasteiger partial charge in [-0.25, -0.2) is 0 Å². The van der Waals surface area contributed by atoms with Crippen molar-refractivity contribution in [2.75, 3.05) is 0 Å². The van der Waals surface area contributed by atoms with Gasteiger partial charge in [-0.3, -0.25) is 4.79 Å². The molecule has 2 rings (SSSR count). The first-order valence-electron chi connectivity index (χ1n) is 5.10. The number of carbonyl (C=O) groups is 1. The standard InChI is InChI=1S/C14H13NO/c1-11(13-9-6-10-15(13)2)14(16)12-7-4-3-5-8-12/h3-10H,1H2,2H3. The van der Waals surface area contributed by atoms with Crippen molar-refractivity contribution >= 4 is 11.4 Å². The lowest BCUT2D eigenvalue weighted by molar-refractivity contribution is 0.105. The Morgan fingerprint density at radius 3 is 2.38 bits per heavy atom. The number of hydrogen-bond donors (Lipinski definition) is 0. The Bertz CT molecular complexity index is 523. The first kappa shape index (κ1) is 10.4. The van der Waals surface area contributed by atoms with Gasteiger partial charge in [0.05, 0.1) is 5.69 Å². The summed E-state index contributed by atoms with van der Waals surface area (Å²) in [4.78, 5) is 12.1. The van der Waals surface area contributed by atoms with Gasteiger partial charge in [-0.05, 0) is 12.1 Å². The van der Waals surface area contributed by atoms with E-state index in [0.717, 1.165) is 5.69 Å². The highest BCUT2D eigenvalue weighted by atomic mass is 16.1. The second-order valence-corrected chi connectivity index (χ2v) is 3.68. The highest BCUT2D eigenvalue weighted by molar-refractivity contribution is 6.27. The molecule has 0 aliphatic heterocycles. The minimum atomic E-state index is -0.0256. The van der Waals surface area contributed by atoms with Crippen molar-refractivity contribution in [3.63, 3.8) is 0 Å². The summed E-state index contributed by atoms with van der Waals surface area (Å²) in [6.45, 7) is 3.86. The van der Waals surface area contributed by atoms with E-state index in [9.17, 15) is 4.79 Å². The van der Waals surface area contributed by atoms with Crippen LogP contribution in [-0.2, 0) is 7.05 Å². The fourth-order valence-electron chi connectivity index (χ4n) is 1.65. The number of benzene rings is 1. The first-order valence-corrected chi connectivity index (χ1v) is 5.10. The van der Waals surface area contributed by atoms with E-state index in [2.05, 4.69) is 6.58 Å². The van der Waals surface area contributed by atoms with Gasteiger partial charge in [-0.2, -0.15) is 0 Å². The van der Waals surface area contributed by atoms with E-state index in [1.54, 1.807) is 12.1 Å². The maximum absolute atomic E-state index is 12.1. The van der Waals surface area contributed by atoms with Crippen LogP contribution in [0.3, 0.4) is 0 Å². The number of Topliss-reactive ketones (excluding diaryl/α,β-unsaturated/α-hetero) is 1. The van der Waals surface area contributed by atoms with Gasteiger partial charge in [0.15, 0.2) is 5.78 Å². The SMILES string of the molecule is C=C(C(=O)c1ccccc1)c1cccn1C. The van der Waals surface area contributed by atoms with E-state index < -0.39 is 0 Å². The fraction of sp³-hybridized carbons (Fsp3) is 0.0714. The number of nitrogens with zero attached hydrogens (tertiary/aromatic N) is 1. The molecule has 2 aromatic rings. The van der Waals surface area contributed by atoms with Crippen LogP contribution in [-0.4, -0.2) is 10.4 Å². The van der Waals surface area contributed by atoms with Crippen LogP contribution in [0.25, 0.3) is 5.57 Å². The summed E-state index contributed by atoms with van der Waals surface area (Å²) in [7, 11) is 1.90. The average Bonchev–Trinajstić information content (AvgIpc) is 2.75. The predicted molar refractivity (Wildman–Crippen MR) is 65.2 cm³/mol. The molecular weight excluding hydrogens is 198 g/mol. The lowest BCUT2D eigenvalue weighted by Gasteiger charge is -2.06. The minimum absolute atomic E-state index is 0.0256. The lowest BCUT2D eigenvalue weighted by Crippen LogP contribution is -2.04. The monoisotopic (exact) mass is 211 g/mol. The van der Waals surface area contributed by atoms with Gasteiger partial charge in [0, 0.05) is 24.4 Å². The zero-order valence-corrected chi connectivity index (χ0v) is 9.18. The summed E-state index contributed by atoms with van der Waals surface area (Å²) in [6.07, 6.45) is 1.90. The second-order valence-electron chi connectivity index (χ2n) is 3.68. The molecular formula is C14H13NO. The van der Waals surface area contributed by atoms with Crippen molar-refractivity contribution in [2.24, 2.45) is 7.05 Å². The predicted octanol–water partition coefficient (Wildman–Crippen LogP) is 2.92. The van der Waals surface area contributed by atoms with E-state index in [4.69, 9.17) is 0 Å². The van der Waals surface area contributed by atoms with Crippen molar-refractivity contribution in [3.05, 3.63) is 66.5 Å². The molecule has 0 saturated carbocycles. The molecule has 0 aliphatic rings. The molecule has 1 heterocycles. The highest BCUT2D eigenvalue weighted by Crippen LogP contribution is 2.17. The molecule has 0 aliphatic carbocycles. The normalized spacial score (nSPS) is 10.1. The first-order chi connectivity index (χ1) is 7.70. The lowest BCUT2D eigenvalue weighted by atomic mass is 10.0. The summed E-state index contributed by atoms with van der Waals surface area (Å²) in [5.74, 6) is -0.0256.